The van der Waals surface area contributed by atoms with Crippen LogP contribution in [0.4, 0.5) is 0 Å². The summed E-state index contributed by atoms with van der Waals surface area (Å²) in [7, 11) is 0. The van der Waals surface area contributed by atoms with Gasteiger partial charge in [-0.25, -0.2) is 0 Å². The van der Waals surface area contributed by atoms with Crippen LogP contribution >= 0.6 is 0 Å². The molecular weight excluding hydrogens is 1020 g/mol. The van der Waals surface area contributed by atoms with Crippen LogP contribution in [0.1, 0.15) is 329 Å². The van der Waals surface area contributed by atoms with Crippen molar-refractivity contribution in [2.75, 3.05) is 13.2 Å². The highest BCUT2D eigenvalue weighted by atomic mass is 16.6. The number of rotatable bonds is 63. The number of ether oxygens (including phenoxy) is 3. The smallest absolute Gasteiger partial charge is 0.306 e. The average molecular weight is 1150 g/mol. The van der Waals surface area contributed by atoms with Gasteiger partial charge in [-0.05, 0) is 128 Å². The largest absolute Gasteiger partial charge is 0.462 e. The lowest BCUT2D eigenvalue weighted by molar-refractivity contribution is -0.167. The molecule has 6 nitrogen and oxygen atoms in total. The van der Waals surface area contributed by atoms with Crippen molar-refractivity contribution in [1.29, 1.82) is 0 Å². The molecule has 0 saturated heterocycles. The Bertz CT molecular complexity index is 1700. The SMILES string of the molecule is CC/C=C\C/C=C\C/C=C\C/C=C\C/C=C\CCCCCC(=O)OC(COC(=O)CCCCCCC/C=C\C/C=C\C/C=C\CC)COC(=O)CCCCCCCCCCCCCCCCCCCCC/C=C\C/C=C\CCCCCCC. The maximum absolute atomic E-state index is 12.9. The van der Waals surface area contributed by atoms with E-state index in [0.717, 1.165) is 141 Å². The van der Waals surface area contributed by atoms with Gasteiger partial charge in [0.2, 0.25) is 0 Å². The first-order chi connectivity index (χ1) is 41.0. The van der Waals surface area contributed by atoms with Crippen LogP contribution in [0.2, 0.25) is 0 Å². The minimum atomic E-state index is -0.807. The van der Waals surface area contributed by atoms with Crippen LogP contribution in [-0.2, 0) is 28.6 Å². The highest BCUT2D eigenvalue weighted by Gasteiger charge is 2.19. The van der Waals surface area contributed by atoms with E-state index in [1.165, 1.54) is 148 Å². The Kier molecular flexibility index (Phi) is 66.7. The lowest BCUT2D eigenvalue weighted by Gasteiger charge is -2.18. The van der Waals surface area contributed by atoms with Crippen LogP contribution < -0.4 is 0 Å². The molecule has 0 rings (SSSR count). The Morgan fingerprint density at radius 3 is 0.747 bits per heavy atom. The maximum Gasteiger partial charge on any atom is 0.306 e. The Labute approximate surface area is 513 Å². The van der Waals surface area contributed by atoms with E-state index < -0.39 is 6.10 Å². The Hall–Kier alpha value is -4.19. The first-order valence-electron chi connectivity index (χ1n) is 35.0. The quantitative estimate of drug-likeness (QED) is 0.0261. The van der Waals surface area contributed by atoms with Crippen LogP contribution in [0.25, 0.3) is 0 Å². The number of carbonyl (C=O) groups excluding carboxylic acids is 3. The van der Waals surface area contributed by atoms with Crippen molar-refractivity contribution in [3.8, 4) is 0 Å². The molecule has 0 aromatic rings. The second kappa shape index (κ2) is 70.3. The molecule has 474 valence electrons. The Morgan fingerprint density at radius 2 is 0.470 bits per heavy atom. The van der Waals surface area contributed by atoms with E-state index in [4.69, 9.17) is 14.2 Å². The Balaban J connectivity index is 4.29. The number of hydrogen-bond donors (Lipinski definition) is 0. The zero-order chi connectivity index (χ0) is 59.9. The lowest BCUT2D eigenvalue weighted by atomic mass is 10.0. The fourth-order valence-electron chi connectivity index (χ4n) is 9.75. The van der Waals surface area contributed by atoms with E-state index in [0.29, 0.717) is 12.8 Å². The van der Waals surface area contributed by atoms with Crippen molar-refractivity contribution in [3.05, 3.63) is 122 Å². The van der Waals surface area contributed by atoms with Gasteiger partial charge in [-0.15, -0.1) is 0 Å². The first-order valence-corrected chi connectivity index (χ1v) is 35.0. The van der Waals surface area contributed by atoms with Gasteiger partial charge in [0, 0.05) is 19.3 Å². The molecule has 0 aromatic heterocycles. The van der Waals surface area contributed by atoms with Gasteiger partial charge in [0.05, 0.1) is 0 Å². The summed E-state index contributed by atoms with van der Waals surface area (Å²) in [5.74, 6) is -0.938. The predicted octanol–water partition coefficient (Wildman–Crippen LogP) is 24.3. The average Bonchev–Trinajstić information content (AvgIpc) is 3.49. The fraction of sp³-hybridized carbons (Fsp3) is 0.701. The molecule has 0 aliphatic rings. The van der Waals surface area contributed by atoms with E-state index in [2.05, 4.69) is 142 Å². The molecule has 0 aliphatic carbocycles. The van der Waals surface area contributed by atoms with E-state index in [1.54, 1.807) is 0 Å². The third kappa shape index (κ3) is 68.5. The summed E-state index contributed by atoms with van der Waals surface area (Å²) in [5, 5.41) is 0. The highest BCUT2D eigenvalue weighted by Crippen LogP contribution is 2.17. The highest BCUT2D eigenvalue weighted by molar-refractivity contribution is 5.71. The summed E-state index contributed by atoms with van der Waals surface area (Å²) in [5.41, 5.74) is 0. The first kappa shape index (κ1) is 78.8. The topological polar surface area (TPSA) is 78.9 Å². The van der Waals surface area contributed by atoms with E-state index in [1.807, 2.05) is 0 Å². The molecule has 0 saturated carbocycles. The minimum Gasteiger partial charge on any atom is -0.462 e. The molecule has 0 radical (unpaired) electrons. The molecule has 0 fully saturated rings. The van der Waals surface area contributed by atoms with Gasteiger partial charge in [-0.2, -0.15) is 0 Å². The number of unbranched alkanes of at least 4 members (excludes halogenated alkanes) is 32. The summed E-state index contributed by atoms with van der Waals surface area (Å²) in [6.07, 6.45) is 98.1. The van der Waals surface area contributed by atoms with E-state index >= 15 is 0 Å². The number of allylic oxidation sites excluding steroid dienone is 20. The molecule has 0 spiro atoms. The van der Waals surface area contributed by atoms with Crippen molar-refractivity contribution in [1.82, 2.24) is 0 Å². The number of hydrogen-bond acceptors (Lipinski definition) is 6. The third-order valence-corrected chi connectivity index (χ3v) is 14.9. The molecule has 6 heteroatoms. The molecule has 0 bridgehead atoms. The van der Waals surface area contributed by atoms with Gasteiger partial charge < -0.3 is 14.2 Å². The second-order valence-electron chi connectivity index (χ2n) is 23.0. The minimum absolute atomic E-state index is 0.0974. The van der Waals surface area contributed by atoms with Gasteiger partial charge in [-0.3, -0.25) is 14.4 Å². The van der Waals surface area contributed by atoms with Gasteiger partial charge in [0.1, 0.15) is 13.2 Å². The van der Waals surface area contributed by atoms with Crippen molar-refractivity contribution in [2.24, 2.45) is 0 Å². The van der Waals surface area contributed by atoms with Gasteiger partial charge in [0.15, 0.2) is 6.10 Å². The Morgan fingerprint density at radius 1 is 0.253 bits per heavy atom. The summed E-state index contributed by atoms with van der Waals surface area (Å²) in [6, 6.07) is 0. The third-order valence-electron chi connectivity index (χ3n) is 14.9. The van der Waals surface area contributed by atoms with Gasteiger partial charge in [-0.1, -0.05) is 303 Å². The predicted molar refractivity (Wildman–Crippen MR) is 362 cm³/mol. The van der Waals surface area contributed by atoms with Crippen LogP contribution in [0.3, 0.4) is 0 Å². The molecule has 1 atom stereocenters. The molecule has 0 aromatic carbocycles. The summed E-state index contributed by atoms with van der Waals surface area (Å²) in [6.45, 7) is 6.39. The zero-order valence-corrected chi connectivity index (χ0v) is 54.4. The fourth-order valence-corrected chi connectivity index (χ4v) is 9.75. The molecule has 0 heterocycles. The van der Waals surface area contributed by atoms with Gasteiger partial charge >= 0.3 is 17.9 Å². The normalized spacial score (nSPS) is 12.9. The monoisotopic (exact) mass is 1150 g/mol. The van der Waals surface area contributed by atoms with Crippen LogP contribution in [-0.4, -0.2) is 37.2 Å². The summed E-state index contributed by atoms with van der Waals surface area (Å²) in [4.78, 5) is 38.4. The molecule has 83 heavy (non-hydrogen) atoms. The van der Waals surface area contributed by atoms with Crippen LogP contribution in [0, 0.1) is 0 Å². The van der Waals surface area contributed by atoms with Crippen molar-refractivity contribution in [2.45, 2.75) is 335 Å². The summed E-state index contributed by atoms with van der Waals surface area (Å²) >= 11 is 0. The van der Waals surface area contributed by atoms with E-state index in [-0.39, 0.29) is 37.5 Å². The zero-order valence-electron chi connectivity index (χ0n) is 54.4. The van der Waals surface area contributed by atoms with Gasteiger partial charge in [0.25, 0.3) is 0 Å². The molecule has 0 N–H and O–H groups in total. The second-order valence-corrected chi connectivity index (χ2v) is 23.0. The molecular formula is C77H130O6. The van der Waals surface area contributed by atoms with Crippen molar-refractivity contribution >= 4 is 17.9 Å². The van der Waals surface area contributed by atoms with Crippen LogP contribution in [0.15, 0.2) is 122 Å². The summed E-state index contributed by atoms with van der Waals surface area (Å²) < 4.78 is 16.9. The lowest BCUT2D eigenvalue weighted by Crippen LogP contribution is -2.30. The molecule has 0 aliphatic heterocycles. The molecule has 1 unspecified atom stereocenters. The van der Waals surface area contributed by atoms with Crippen molar-refractivity contribution in [3.63, 3.8) is 0 Å². The number of esters is 3. The number of carbonyl (C=O) groups is 3. The van der Waals surface area contributed by atoms with E-state index in [9.17, 15) is 14.4 Å². The molecule has 0 amide bonds. The maximum atomic E-state index is 12.9. The standard InChI is InChI=1S/C77H130O6/c1-4-7-10-13-16-19-22-25-28-30-32-33-34-35-36-37-38-39-40-41-42-43-45-46-49-52-55-58-61-64-67-70-76(79)82-73-74(72-81-75(78)69-66-63-60-57-54-51-48-27-24-21-18-15-12-9-6-3)83-77(80)71-68-65-62-59-56-53-50-47-44-31-29-26-23-20-17-14-11-8-5-2/h8-9,11-12,17-18,20-22,25-27,29-30,32,44,47-48,53,56,74H,4-7,10,13-16,19,23-24,28,31,33-43,45-46,49-52,54-55,57-73H2,1-3H3/b11-8-,12-9-,20-17-,21-18-,25-22-,29-26-,32-30-,47-44-,48-27-,56-53-. The van der Waals surface area contributed by atoms with Crippen LogP contribution in [0.5, 0.6) is 0 Å². The van der Waals surface area contributed by atoms with Crippen molar-refractivity contribution < 1.29 is 28.6 Å².